The minimum absolute atomic E-state index is 0.342. The van der Waals surface area contributed by atoms with Gasteiger partial charge in [0.1, 0.15) is 0 Å². The molecule has 0 saturated heterocycles. The minimum Gasteiger partial charge on any atom is -0.450 e. The van der Waals surface area contributed by atoms with E-state index >= 15 is 0 Å². The maximum atomic E-state index is 11.6. The number of ether oxygens (including phenoxy) is 1. The zero-order chi connectivity index (χ0) is 19.7. The number of anilines is 2. The normalized spacial score (nSPS) is 10.9. The molecule has 0 radical (unpaired) electrons. The molecule has 0 atom stereocenters. The summed E-state index contributed by atoms with van der Waals surface area (Å²) in [5.74, 6) is 0. The summed E-state index contributed by atoms with van der Waals surface area (Å²) in [6, 6.07) is 17.8. The van der Waals surface area contributed by atoms with E-state index in [2.05, 4.69) is 29.4 Å². The maximum Gasteiger partial charge on any atom is 0.411 e. The zero-order valence-electron chi connectivity index (χ0n) is 15.8. The SMILES string of the molecule is CCOC(=O)Nc1ccc(-c2ccc3cnc4cc(N)ccc4c3c2C)cc1. The van der Waals surface area contributed by atoms with Crippen LogP contribution in [0.3, 0.4) is 0 Å². The first kappa shape index (κ1) is 17.8. The van der Waals surface area contributed by atoms with Crippen molar-refractivity contribution >= 4 is 39.1 Å². The molecular formula is C23H21N3O2. The van der Waals surface area contributed by atoms with E-state index in [0.29, 0.717) is 18.0 Å². The summed E-state index contributed by atoms with van der Waals surface area (Å²) in [6.07, 6.45) is 1.44. The number of amides is 1. The van der Waals surface area contributed by atoms with Crippen molar-refractivity contribution in [1.29, 1.82) is 0 Å². The van der Waals surface area contributed by atoms with Gasteiger partial charge in [0.15, 0.2) is 0 Å². The van der Waals surface area contributed by atoms with Gasteiger partial charge in [-0.15, -0.1) is 0 Å². The summed E-state index contributed by atoms with van der Waals surface area (Å²) < 4.78 is 4.91. The van der Waals surface area contributed by atoms with Crippen molar-refractivity contribution in [3.05, 3.63) is 66.4 Å². The van der Waals surface area contributed by atoms with Crippen molar-refractivity contribution < 1.29 is 9.53 Å². The van der Waals surface area contributed by atoms with E-state index in [1.54, 1.807) is 6.92 Å². The molecule has 0 aliphatic carbocycles. The molecule has 140 valence electrons. The molecule has 3 aromatic carbocycles. The van der Waals surface area contributed by atoms with Gasteiger partial charge in [-0.3, -0.25) is 10.3 Å². The standard InChI is InChI=1S/C23H21N3O2/c1-3-28-23(27)26-18-8-4-15(5-9-18)19-10-6-16-13-25-21-12-17(24)7-11-20(21)22(16)14(19)2/h4-13H,3,24H2,1-2H3,(H,26,27). The summed E-state index contributed by atoms with van der Waals surface area (Å²) in [4.78, 5) is 16.1. The molecule has 0 spiro atoms. The van der Waals surface area contributed by atoms with Crippen molar-refractivity contribution in [2.45, 2.75) is 13.8 Å². The highest BCUT2D eigenvalue weighted by atomic mass is 16.5. The highest BCUT2D eigenvalue weighted by Gasteiger charge is 2.10. The van der Waals surface area contributed by atoms with Crippen LogP contribution in [0.25, 0.3) is 32.8 Å². The van der Waals surface area contributed by atoms with Crippen LogP contribution in [-0.2, 0) is 4.74 Å². The Labute approximate surface area is 163 Å². The van der Waals surface area contributed by atoms with Crippen LogP contribution < -0.4 is 11.1 Å². The molecule has 0 fully saturated rings. The number of nitrogens with zero attached hydrogens (tertiary/aromatic N) is 1. The molecule has 1 heterocycles. The number of aromatic nitrogens is 1. The molecule has 0 bridgehead atoms. The van der Waals surface area contributed by atoms with Gasteiger partial charge < -0.3 is 10.5 Å². The van der Waals surface area contributed by atoms with Crippen LogP contribution in [0.1, 0.15) is 12.5 Å². The Balaban J connectivity index is 1.77. The fourth-order valence-electron chi connectivity index (χ4n) is 3.53. The average molecular weight is 371 g/mol. The van der Waals surface area contributed by atoms with Crippen molar-refractivity contribution in [2.24, 2.45) is 0 Å². The maximum absolute atomic E-state index is 11.6. The second-order valence-electron chi connectivity index (χ2n) is 6.66. The third-order valence-corrected chi connectivity index (χ3v) is 4.85. The second-order valence-corrected chi connectivity index (χ2v) is 6.66. The number of carbonyl (C=O) groups is 1. The summed E-state index contributed by atoms with van der Waals surface area (Å²) in [6.45, 7) is 4.24. The number of nitrogens with one attached hydrogen (secondary N) is 1. The Bertz CT molecular complexity index is 1180. The molecule has 28 heavy (non-hydrogen) atoms. The molecule has 4 aromatic rings. The lowest BCUT2D eigenvalue weighted by molar-refractivity contribution is 0.168. The molecule has 5 heteroatoms. The van der Waals surface area contributed by atoms with Gasteiger partial charge in [0.25, 0.3) is 0 Å². The molecular weight excluding hydrogens is 350 g/mol. The number of aryl methyl sites for hydroxylation is 1. The van der Waals surface area contributed by atoms with Gasteiger partial charge in [-0.25, -0.2) is 4.79 Å². The van der Waals surface area contributed by atoms with Gasteiger partial charge in [0, 0.05) is 28.3 Å². The molecule has 1 aromatic heterocycles. The Morgan fingerprint density at radius 2 is 1.89 bits per heavy atom. The minimum atomic E-state index is -0.449. The van der Waals surface area contributed by atoms with E-state index in [0.717, 1.165) is 27.4 Å². The molecule has 0 aliphatic rings. The first-order valence-electron chi connectivity index (χ1n) is 9.18. The predicted octanol–water partition coefficient (Wildman–Crippen LogP) is 5.51. The van der Waals surface area contributed by atoms with Crippen LogP contribution >= 0.6 is 0 Å². The number of benzene rings is 3. The molecule has 0 aliphatic heterocycles. The molecule has 3 N–H and O–H groups in total. The number of pyridine rings is 1. The quantitative estimate of drug-likeness (QED) is 0.367. The Kier molecular flexibility index (Phi) is 4.57. The molecule has 1 amide bonds. The predicted molar refractivity (Wildman–Crippen MR) is 114 cm³/mol. The van der Waals surface area contributed by atoms with Crippen LogP contribution in [0.15, 0.2) is 60.8 Å². The third kappa shape index (κ3) is 3.22. The topological polar surface area (TPSA) is 77.2 Å². The smallest absolute Gasteiger partial charge is 0.411 e. The lowest BCUT2D eigenvalue weighted by atomic mass is 9.93. The average Bonchev–Trinajstić information content (AvgIpc) is 2.69. The fraction of sp³-hybridized carbons (Fsp3) is 0.130. The van der Waals surface area contributed by atoms with Crippen LogP contribution in [0.2, 0.25) is 0 Å². The molecule has 4 rings (SSSR count). The Hall–Kier alpha value is -3.60. The summed E-state index contributed by atoms with van der Waals surface area (Å²) in [5, 5.41) is 6.08. The number of nitrogen functional groups attached to an aromatic ring is 1. The van der Waals surface area contributed by atoms with Gasteiger partial charge in [-0.05, 0) is 60.2 Å². The van der Waals surface area contributed by atoms with Crippen molar-refractivity contribution in [2.75, 3.05) is 17.7 Å². The first-order valence-corrected chi connectivity index (χ1v) is 9.18. The number of nitrogens with two attached hydrogens (primary N) is 1. The number of rotatable bonds is 3. The first-order chi connectivity index (χ1) is 13.6. The van der Waals surface area contributed by atoms with Crippen LogP contribution in [0.5, 0.6) is 0 Å². The third-order valence-electron chi connectivity index (χ3n) is 4.85. The van der Waals surface area contributed by atoms with E-state index in [1.165, 1.54) is 10.9 Å². The van der Waals surface area contributed by atoms with E-state index in [-0.39, 0.29) is 0 Å². The van der Waals surface area contributed by atoms with Gasteiger partial charge in [-0.1, -0.05) is 30.3 Å². The number of hydrogen-bond donors (Lipinski definition) is 2. The summed E-state index contributed by atoms with van der Waals surface area (Å²) >= 11 is 0. The van der Waals surface area contributed by atoms with Gasteiger partial charge in [0.05, 0.1) is 12.1 Å². The Morgan fingerprint density at radius 1 is 1.11 bits per heavy atom. The van der Waals surface area contributed by atoms with Gasteiger partial charge in [-0.2, -0.15) is 0 Å². The fourth-order valence-corrected chi connectivity index (χ4v) is 3.53. The lowest BCUT2D eigenvalue weighted by Crippen LogP contribution is -2.13. The van der Waals surface area contributed by atoms with Crippen molar-refractivity contribution in [3.8, 4) is 11.1 Å². The highest BCUT2D eigenvalue weighted by Crippen LogP contribution is 2.34. The summed E-state index contributed by atoms with van der Waals surface area (Å²) in [7, 11) is 0. The summed E-state index contributed by atoms with van der Waals surface area (Å²) in [5.41, 5.74) is 11.6. The largest absolute Gasteiger partial charge is 0.450 e. The molecule has 0 saturated carbocycles. The van der Waals surface area contributed by atoms with Crippen LogP contribution in [0, 0.1) is 6.92 Å². The van der Waals surface area contributed by atoms with Crippen LogP contribution in [-0.4, -0.2) is 17.7 Å². The van der Waals surface area contributed by atoms with E-state index in [1.807, 2.05) is 48.7 Å². The van der Waals surface area contributed by atoms with Crippen LogP contribution in [0.4, 0.5) is 16.2 Å². The van der Waals surface area contributed by atoms with Gasteiger partial charge in [0.2, 0.25) is 0 Å². The van der Waals surface area contributed by atoms with E-state index < -0.39 is 6.09 Å². The number of fused-ring (bicyclic) bond motifs is 3. The Morgan fingerprint density at radius 3 is 2.64 bits per heavy atom. The number of hydrogen-bond acceptors (Lipinski definition) is 4. The lowest BCUT2D eigenvalue weighted by Gasteiger charge is -2.13. The monoisotopic (exact) mass is 371 g/mol. The van der Waals surface area contributed by atoms with E-state index in [4.69, 9.17) is 10.5 Å². The highest BCUT2D eigenvalue weighted by molar-refractivity contribution is 6.09. The molecule has 0 unspecified atom stereocenters. The van der Waals surface area contributed by atoms with Crippen molar-refractivity contribution in [3.63, 3.8) is 0 Å². The zero-order valence-corrected chi connectivity index (χ0v) is 15.8. The number of carbonyl (C=O) groups excluding carboxylic acids is 1. The van der Waals surface area contributed by atoms with Crippen molar-refractivity contribution in [1.82, 2.24) is 4.98 Å². The second kappa shape index (κ2) is 7.19. The van der Waals surface area contributed by atoms with Gasteiger partial charge >= 0.3 is 6.09 Å². The molecule has 5 nitrogen and oxygen atoms in total. The van der Waals surface area contributed by atoms with E-state index in [9.17, 15) is 4.79 Å².